The molecule has 0 radical (unpaired) electrons. The molecule has 1 aliphatic rings. The predicted octanol–water partition coefficient (Wildman–Crippen LogP) is 1.81. The second kappa shape index (κ2) is 7.08. The van der Waals surface area contributed by atoms with Crippen molar-refractivity contribution in [3.05, 3.63) is 29.8 Å². The van der Waals surface area contributed by atoms with Crippen molar-refractivity contribution in [1.82, 2.24) is 4.90 Å². The van der Waals surface area contributed by atoms with Gasteiger partial charge in [0.15, 0.2) is 0 Å². The largest absolute Gasteiger partial charge is 0.481 e. The molecule has 0 saturated carbocycles. The van der Waals surface area contributed by atoms with E-state index in [0.717, 1.165) is 17.7 Å². The summed E-state index contributed by atoms with van der Waals surface area (Å²) in [6.07, 6.45) is 0.850. The number of carboxylic acid groups (broad SMARTS) is 1. The third kappa shape index (κ3) is 4.19. The van der Waals surface area contributed by atoms with Gasteiger partial charge in [-0.25, -0.2) is 4.79 Å². The smallest absolute Gasteiger partial charge is 0.321 e. The number of methoxy groups -OCH3 is 1. The number of likely N-dealkylation sites (tertiary alicyclic amines) is 1. The van der Waals surface area contributed by atoms with Gasteiger partial charge in [-0.1, -0.05) is 18.2 Å². The summed E-state index contributed by atoms with van der Waals surface area (Å²) < 4.78 is 5.06. The van der Waals surface area contributed by atoms with Crippen LogP contribution in [0.3, 0.4) is 0 Å². The van der Waals surface area contributed by atoms with Gasteiger partial charge in [0.2, 0.25) is 0 Å². The van der Waals surface area contributed by atoms with Gasteiger partial charge in [-0.3, -0.25) is 4.79 Å². The number of aliphatic carboxylic acids is 1. The molecule has 1 fully saturated rings. The number of rotatable bonds is 6. The third-order valence-electron chi connectivity index (χ3n) is 3.54. The van der Waals surface area contributed by atoms with Crippen molar-refractivity contribution in [2.24, 2.45) is 5.92 Å². The molecule has 6 heteroatoms. The Bertz CT molecular complexity index is 512. The van der Waals surface area contributed by atoms with E-state index in [-0.39, 0.29) is 18.4 Å². The maximum Gasteiger partial charge on any atom is 0.321 e. The van der Waals surface area contributed by atoms with Crippen LogP contribution in [0.2, 0.25) is 0 Å². The lowest BCUT2D eigenvalue weighted by Crippen LogP contribution is -2.52. The van der Waals surface area contributed by atoms with Crippen LogP contribution in [0.15, 0.2) is 24.3 Å². The number of para-hydroxylation sites is 1. The van der Waals surface area contributed by atoms with Crippen molar-refractivity contribution in [2.75, 3.05) is 32.1 Å². The zero-order chi connectivity index (χ0) is 15.2. The fraction of sp³-hybridized carbons (Fsp3) is 0.467. The predicted molar refractivity (Wildman–Crippen MR) is 78.4 cm³/mol. The van der Waals surface area contributed by atoms with Crippen molar-refractivity contribution < 1.29 is 19.4 Å². The molecular weight excluding hydrogens is 272 g/mol. The van der Waals surface area contributed by atoms with Crippen LogP contribution in [0, 0.1) is 5.92 Å². The standard InChI is InChI=1S/C15H20N2O4/c1-21-7-6-12-4-2-3-5-13(12)16-15(20)17-9-11(10-17)8-14(18)19/h2-5,11H,6-10H2,1H3,(H,16,20)(H,18,19). The van der Waals surface area contributed by atoms with Crippen LogP contribution in [0.5, 0.6) is 0 Å². The lowest BCUT2D eigenvalue weighted by Gasteiger charge is -2.38. The van der Waals surface area contributed by atoms with Crippen LogP contribution in [0.25, 0.3) is 0 Å². The fourth-order valence-electron chi connectivity index (χ4n) is 2.38. The monoisotopic (exact) mass is 292 g/mol. The van der Waals surface area contributed by atoms with Crippen LogP contribution in [-0.4, -0.2) is 48.8 Å². The van der Waals surface area contributed by atoms with Crippen LogP contribution < -0.4 is 5.32 Å². The number of amides is 2. The zero-order valence-corrected chi connectivity index (χ0v) is 12.0. The molecule has 0 aliphatic carbocycles. The summed E-state index contributed by atoms with van der Waals surface area (Å²) in [4.78, 5) is 24.3. The number of nitrogens with zero attached hydrogens (tertiary/aromatic N) is 1. The molecular formula is C15H20N2O4. The van der Waals surface area contributed by atoms with Crippen molar-refractivity contribution in [2.45, 2.75) is 12.8 Å². The Kier molecular flexibility index (Phi) is 5.16. The molecule has 2 rings (SSSR count). The second-order valence-corrected chi connectivity index (χ2v) is 5.20. The summed E-state index contributed by atoms with van der Waals surface area (Å²) >= 11 is 0. The summed E-state index contributed by atoms with van der Waals surface area (Å²) in [6.45, 7) is 1.59. The fourth-order valence-corrected chi connectivity index (χ4v) is 2.38. The molecule has 6 nitrogen and oxygen atoms in total. The Hall–Kier alpha value is -2.08. The Morgan fingerprint density at radius 3 is 2.76 bits per heavy atom. The van der Waals surface area contributed by atoms with Crippen LogP contribution >= 0.6 is 0 Å². The molecule has 0 aromatic heterocycles. The highest BCUT2D eigenvalue weighted by molar-refractivity contribution is 5.90. The number of hydrogen-bond donors (Lipinski definition) is 2. The van der Waals surface area contributed by atoms with Gasteiger partial charge in [0.25, 0.3) is 0 Å². The molecule has 0 unspecified atom stereocenters. The SMILES string of the molecule is COCCc1ccccc1NC(=O)N1CC(CC(=O)O)C1. The summed E-state index contributed by atoms with van der Waals surface area (Å²) in [5.74, 6) is -0.748. The van der Waals surface area contributed by atoms with Gasteiger partial charge in [-0.15, -0.1) is 0 Å². The summed E-state index contributed by atoms with van der Waals surface area (Å²) in [7, 11) is 1.64. The maximum atomic E-state index is 12.1. The van der Waals surface area contributed by atoms with E-state index in [2.05, 4.69) is 5.32 Å². The number of carboxylic acids is 1. The molecule has 21 heavy (non-hydrogen) atoms. The van der Waals surface area contributed by atoms with E-state index >= 15 is 0 Å². The van der Waals surface area contributed by atoms with E-state index < -0.39 is 5.97 Å². The second-order valence-electron chi connectivity index (χ2n) is 5.20. The lowest BCUT2D eigenvalue weighted by molar-refractivity contribution is -0.139. The highest BCUT2D eigenvalue weighted by Gasteiger charge is 2.32. The first-order valence-corrected chi connectivity index (χ1v) is 6.94. The number of anilines is 1. The number of carbonyl (C=O) groups is 2. The minimum absolute atomic E-state index is 0.0667. The van der Waals surface area contributed by atoms with Gasteiger partial charge in [0.05, 0.1) is 13.0 Å². The minimum atomic E-state index is -0.815. The van der Waals surface area contributed by atoms with Crippen molar-refractivity contribution in [3.8, 4) is 0 Å². The summed E-state index contributed by atoms with van der Waals surface area (Å²) in [6, 6.07) is 7.43. The van der Waals surface area contributed by atoms with Crippen molar-refractivity contribution in [3.63, 3.8) is 0 Å². The van der Waals surface area contributed by atoms with Crippen LogP contribution in [0.1, 0.15) is 12.0 Å². The molecule has 0 spiro atoms. The van der Waals surface area contributed by atoms with E-state index in [0.29, 0.717) is 19.7 Å². The number of carbonyl (C=O) groups excluding carboxylic acids is 1. The van der Waals surface area contributed by atoms with Crippen LogP contribution in [-0.2, 0) is 16.0 Å². The lowest BCUT2D eigenvalue weighted by atomic mass is 9.97. The molecule has 1 aromatic carbocycles. The number of hydrogen-bond acceptors (Lipinski definition) is 3. The molecule has 2 N–H and O–H groups in total. The van der Waals surface area contributed by atoms with Gasteiger partial charge in [0, 0.05) is 31.8 Å². The topological polar surface area (TPSA) is 78.9 Å². The summed E-state index contributed by atoms with van der Waals surface area (Å²) in [5, 5.41) is 11.6. The van der Waals surface area contributed by atoms with E-state index in [1.165, 1.54) is 0 Å². The average molecular weight is 292 g/mol. The van der Waals surface area contributed by atoms with Gasteiger partial charge in [-0.05, 0) is 18.1 Å². The highest BCUT2D eigenvalue weighted by atomic mass is 16.5. The van der Waals surface area contributed by atoms with Crippen LogP contribution in [0.4, 0.5) is 10.5 Å². The van der Waals surface area contributed by atoms with Gasteiger partial charge < -0.3 is 20.1 Å². The Balaban J connectivity index is 1.87. The molecule has 0 atom stereocenters. The average Bonchev–Trinajstić information content (AvgIpc) is 2.41. The minimum Gasteiger partial charge on any atom is -0.481 e. The Morgan fingerprint density at radius 2 is 2.10 bits per heavy atom. The molecule has 0 bridgehead atoms. The molecule has 1 aliphatic heterocycles. The molecule has 2 amide bonds. The quantitative estimate of drug-likeness (QED) is 0.838. The van der Waals surface area contributed by atoms with E-state index in [1.54, 1.807) is 12.0 Å². The van der Waals surface area contributed by atoms with Crippen molar-refractivity contribution >= 4 is 17.7 Å². The number of nitrogens with one attached hydrogen (secondary N) is 1. The van der Waals surface area contributed by atoms with E-state index in [4.69, 9.17) is 9.84 Å². The van der Waals surface area contributed by atoms with E-state index in [1.807, 2.05) is 24.3 Å². The molecule has 114 valence electrons. The Labute approximate surface area is 123 Å². The summed E-state index contributed by atoms with van der Waals surface area (Å²) in [5.41, 5.74) is 1.80. The third-order valence-corrected chi connectivity index (χ3v) is 3.54. The van der Waals surface area contributed by atoms with Gasteiger partial charge >= 0.3 is 12.0 Å². The normalized spacial score (nSPS) is 14.6. The molecule has 1 heterocycles. The first-order chi connectivity index (χ1) is 10.1. The first-order valence-electron chi connectivity index (χ1n) is 6.94. The van der Waals surface area contributed by atoms with E-state index in [9.17, 15) is 9.59 Å². The highest BCUT2D eigenvalue weighted by Crippen LogP contribution is 2.22. The number of ether oxygens (including phenoxy) is 1. The van der Waals surface area contributed by atoms with Gasteiger partial charge in [-0.2, -0.15) is 0 Å². The maximum absolute atomic E-state index is 12.1. The zero-order valence-electron chi connectivity index (χ0n) is 12.0. The molecule has 1 saturated heterocycles. The first kappa shape index (κ1) is 15.3. The van der Waals surface area contributed by atoms with Crippen molar-refractivity contribution in [1.29, 1.82) is 0 Å². The number of urea groups is 1. The Morgan fingerprint density at radius 1 is 1.38 bits per heavy atom. The van der Waals surface area contributed by atoms with Gasteiger partial charge in [0.1, 0.15) is 0 Å². The molecule has 1 aromatic rings. The number of benzene rings is 1.